The zero-order valence-corrected chi connectivity index (χ0v) is 11.6. The number of aromatic nitrogens is 2. The predicted molar refractivity (Wildman–Crippen MR) is 76.1 cm³/mol. The van der Waals surface area contributed by atoms with Crippen LogP contribution in [-0.2, 0) is 26.4 Å². The summed E-state index contributed by atoms with van der Waals surface area (Å²) in [6, 6.07) is 7.37. The molecule has 4 heteroatoms. The number of nitrogens with one attached hydrogen (secondary N) is 1. The van der Waals surface area contributed by atoms with Crippen LogP contribution in [0, 0.1) is 0 Å². The first kappa shape index (κ1) is 13.6. The molecule has 0 fully saturated rings. The maximum Gasteiger partial charge on any atom is 0.115 e. The van der Waals surface area contributed by atoms with Crippen molar-refractivity contribution in [2.24, 2.45) is 7.05 Å². The third-order valence-corrected chi connectivity index (χ3v) is 3.17. The van der Waals surface area contributed by atoms with Crippen LogP contribution in [0.15, 0.2) is 30.5 Å². The Bertz CT molecular complexity index is 517. The fourth-order valence-electron chi connectivity index (χ4n) is 2.15. The summed E-state index contributed by atoms with van der Waals surface area (Å²) < 4.78 is 1.87. The van der Waals surface area contributed by atoms with Crippen LogP contribution in [0.25, 0.3) is 0 Å². The van der Waals surface area contributed by atoms with Gasteiger partial charge in [-0.1, -0.05) is 19.1 Å². The van der Waals surface area contributed by atoms with Crippen LogP contribution in [0.3, 0.4) is 0 Å². The van der Waals surface area contributed by atoms with Crippen molar-refractivity contribution in [3.63, 3.8) is 0 Å². The summed E-state index contributed by atoms with van der Waals surface area (Å²) in [4.78, 5) is 0. The Balaban J connectivity index is 1.78. The van der Waals surface area contributed by atoms with Crippen molar-refractivity contribution in [1.29, 1.82) is 0 Å². The standard InChI is InChI=1S/C15H21N3O/c1-3-15-13(11-18(2)17-15)10-16-9-8-12-4-6-14(19)7-5-12/h4-7,11,16,19H,3,8-10H2,1-2H3. The Hall–Kier alpha value is -1.81. The van der Waals surface area contributed by atoms with Crippen molar-refractivity contribution in [3.05, 3.63) is 47.3 Å². The molecular weight excluding hydrogens is 238 g/mol. The van der Waals surface area contributed by atoms with E-state index in [1.165, 1.54) is 16.8 Å². The van der Waals surface area contributed by atoms with Crippen LogP contribution in [0.5, 0.6) is 5.75 Å². The van der Waals surface area contributed by atoms with E-state index in [4.69, 9.17) is 0 Å². The minimum atomic E-state index is 0.319. The molecule has 0 radical (unpaired) electrons. The molecule has 2 aromatic rings. The Morgan fingerprint density at radius 1 is 1.26 bits per heavy atom. The molecule has 0 aliphatic rings. The molecule has 0 unspecified atom stereocenters. The van der Waals surface area contributed by atoms with Gasteiger partial charge in [-0.2, -0.15) is 5.10 Å². The van der Waals surface area contributed by atoms with E-state index in [1.54, 1.807) is 12.1 Å². The molecule has 1 aromatic heterocycles. The van der Waals surface area contributed by atoms with Crippen LogP contribution < -0.4 is 5.32 Å². The van der Waals surface area contributed by atoms with Gasteiger partial charge in [0.1, 0.15) is 5.75 Å². The van der Waals surface area contributed by atoms with E-state index in [9.17, 15) is 5.11 Å². The molecule has 4 nitrogen and oxygen atoms in total. The fourth-order valence-corrected chi connectivity index (χ4v) is 2.15. The van der Waals surface area contributed by atoms with Gasteiger partial charge in [-0.15, -0.1) is 0 Å². The molecule has 0 bridgehead atoms. The van der Waals surface area contributed by atoms with Gasteiger partial charge in [-0.3, -0.25) is 4.68 Å². The molecule has 19 heavy (non-hydrogen) atoms. The van der Waals surface area contributed by atoms with Gasteiger partial charge in [-0.25, -0.2) is 0 Å². The third kappa shape index (κ3) is 3.83. The summed E-state index contributed by atoms with van der Waals surface area (Å²) in [5.74, 6) is 0.319. The summed E-state index contributed by atoms with van der Waals surface area (Å²) >= 11 is 0. The van der Waals surface area contributed by atoms with E-state index in [-0.39, 0.29) is 0 Å². The lowest BCUT2D eigenvalue weighted by Gasteiger charge is -2.05. The summed E-state index contributed by atoms with van der Waals surface area (Å²) in [5.41, 5.74) is 3.67. The molecule has 0 aliphatic carbocycles. The van der Waals surface area contributed by atoms with Crippen LogP contribution in [0.1, 0.15) is 23.7 Å². The fraction of sp³-hybridized carbons (Fsp3) is 0.400. The van der Waals surface area contributed by atoms with Gasteiger partial charge in [0.15, 0.2) is 0 Å². The minimum Gasteiger partial charge on any atom is -0.508 e. The Kier molecular flexibility index (Phi) is 4.58. The quantitative estimate of drug-likeness (QED) is 0.780. The summed E-state index contributed by atoms with van der Waals surface area (Å²) in [5, 5.41) is 17.1. The van der Waals surface area contributed by atoms with Crippen molar-refractivity contribution in [1.82, 2.24) is 15.1 Å². The number of aryl methyl sites for hydroxylation is 2. The van der Waals surface area contributed by atoms with Crippen LogP contribution in [0.4, 0.5) is 0 Å². The van der Waals surface area contributed by atoms with Crippen molar-refractivity contribution < 1.29 is 5.11 Å². The second kappa shape index (κ2) is 6.38. The maximum absolute atomic E-state index is 9.21. The van der Waals surface area contributed by atoms with E-state index >= 15 is 0 Å². The summed E-state index contributed by atoms with van der Waals surface area (Å²) in [6.45, 7) is 3.90. The average Bonchev–Trinajstić information content (AvgIpc) is 2.77. The number of hydrogen-bond acceptors (Lipinski definition) is 3. The van der Waals surface area contributed by atoms with Crippen molar-refractivity contribution >= 4 is 0 Å². The Morgan fingerprint density at radius 3 is 2.68 bits per heavy atom. The molecule has 0 amide bonds. The minimum absolute atomic E-state index is 0.319. The van der Waals surface area contributed by atoms with Crippen LogP contribution in [0.2, 0.25) is 0 Å². The highest BCUT2D eigenvalue weighted by molar-refractivity contribution is 5.26. The van der Waals surface area contributed by atoms with Gasteiger partial charge >= 0.3 is 0 Å². The van der Waals surface area contributed by atoms with E-state index in [1.807, 2.05) is 23.9 Å². The Labute approximate surface area is 114 Å². The number of nitrogens with zero attached hydrogens (tertiary/aromatic N) is 2. The summed E-state index contributed by atoms with van der Waals surface area (Å²) in [6.07, 6.45) is 4.00. The number of phenols is 1. The number of benzene rings is 1. The second-order valence-electron chi connectivity index (χ2n) is 4.72. The molecular formula is C15H21N3O. The molecule has 0 saturated carbocycles. The third-order valence-electron chi connectivity index (χ3n) is 3.17. The highest BCUT2D eigenvalue weighted by Gasteiger charge is 2.04. The van der Waals surface area contributed by atoms with Crippen molar-refractivity contribution in [3.8, 4) is 5.75 Å². The molecule has 0 atom stereocenters. The number of rotatable bonds is 6. The van der Waals surface area contributed by atoms with Crippen molar-refractivity contribution in [2.75, 3.05) is 6.54 Å². The van der Waals surface area contributed by atoms with Gasteiger partial charge in [0.25, 0.3) is 0 Å². The van der Waals surface area contributed by atoms with Gasteiger partial charge in [-0.05, 0) is 37.1 Å². The first-order valence-corrected chi connectivity index (χ1v) is 6.69. The van der Waals surface area contributed by atoms with Crippen LogP contribution in [-0.4, -0.2) is 21.4 Å². The topological polar surface area (TPSA) is 50.1 Å². The molecule has 1 aromatic carbocycles. The van der Waals surface area contributed by atoms with Gasteiger partial charge < -0.3 is 10.4 Å². The summed E-state index contributed by atoms with van der Waals surface area (Å²) in [7, 11) is 1.96. The molecule has 102 valence electrons. The predicted octanol–water partition coefficient (Wildman–Crippen LogP) is 2.02. The van der Waals surface area contributed by atoms with E-state index in [0.29, 0.717) is 5.75 Å². The highest BCUT2D eigenvalue weighted by Crippen LogP contribution is 2.10. The lowest BCUT2D eigenvalue weighted by molar-refractivity contribution is 0.475. The highest BCUT2D eigenvalue weighted by atomic mass is 16.3. The van der Waals surface area contributed by atoms with E-state index < -0.39 is 0 Å². The van der Waals surface area contributed by atoms with E-state index in [0.717, 1.165) is 25.9 Å². The van der Waals surface area contributed by atoms with Crippen LogP contribution >= 0.6 is 0 Å². The van der Waals surface area contributed by atoms with Gasteiger partial charge in [0, 0.05) is 25.4 Å². The molecule has 0 aliphatic heterocycles. The zero-order valence-electron chi connectivity index (χ0n) is 11.6. The SMILES string of the molecule is CCc1nn(C)cc1CNCCc1ccc(O)cc1. The smallest absolute Gasteiger partial charge is 0.115 e. The average molecular weight is 259 g/mol. The van der Waals surface area contributed by atoms with E-state index in [2.05, 4.69) is 23.5 Å². The molecule has 2 rings (SSSR count). The molecule has 0 saturated heterocycles. The lowest BCUT2D eigenvalue weighted by atomic mass is 10.1. The second-order valence-corrected chi connectivity index (χ2v) is 4.72. The zero-order chi connectivity index (χ0) is 13.7. The Morgan fingerprint density at radius 2 is 2.00 bits per heavy atom. The largest absolute Gasteiger partial charge is 0.508 e. The first-order chi connectivity index (χ1) is 9.19. The van der Waals surface area contributed by atoms with Gasteiger partial charge in [0.2, 0.25) is 0 Å². The van der Waals surface area contributed by atoms with Crippen molar-refractivity contribution in [2.45, 2.75) is 26.3 Å². The normalized spacial score (nSPS) is 10.8. The molecule has 2 N–H and O–H groups in total. The number of phenolic OH excluding ortho intramolecular Hbond substituents is 1. The number of hydrogen-bond donors (Lipinski definition) is 2. The van der Waals surface area contributed by atoms with Gasteiger partial charge in [0.05, 0.1) is 5.69 Å². The first-order valence-electron chi connectivity index (χ1n) is 6.69. The lowest BCUT2D eigenvalue weighted by Crippen LogP contribution is -2.17. The molecule has 1 heterocycles. The molecule has 0 spiro atoms. The maximum atomic E-state index is 9.21. The monoisotopic (exact) mass is 259 g/mol. The number of aromatic hydroxyl groups is 1.